The van der Waals surface area contributed by atoms with Crippen molar-refractivity contribution in [3.05, 3.63) is 71.8 Å². The average Bonchev–Trinajstić information content (AvgIpc) is 3.65. The molecule has 1 aliphatic heterocycles. The van der Waals surface area contributed by atoms with Crippen LogP contribution in [-0.4, -0.2) is 62.0 Å². The molecule has 5 heterocycles. The average molecular weight is 491 g/mol. The van der Waals surface area contributed by atoms with Crippen LogP contribution < -0.4 is 0 Å². The first kappa shape index (κ1) is 24.5. The van der Waals surface area contributed by atoms with Gasteiger partial charge in [-0.15, -0.1) is 0 Å². The van der Waals surface area contributed by atoms with Gasteiger partial charge in [0, 0.05) is 51.0 Å². The molecule has 1 aliphatic rings. The van der Waals surface area contributed by atoms with Crippen molar-refractivity contribution in [1.29, 1.82) is 0 Å². The van der Waals surface area contributed by atoms with Crippen LogP contribution in [0, 0.1) is 0 Å². The Kier molecular flexibility index (Phi) is 7.92. The molecule has 5 rings (SSSR count). The van der Waals surface area contributed by atoms with Crippen molar-refractivity contribution in [2.75, 3.05) is 13.1 Å². The van der Waals surface area contributed by atoms with Crippen molar-refractivity contribution in [3.63, 3.8) is 0 Å². The summed E-state index contributed by atoms with van der Waals surface area (Å²) in [5, 5.41) is 19.3. The summed E-state index contributed by atoms with van der Waals surface area (Å²) in [7, 11) is 0. The summed E-state index contributed by atoms with van der Waals surface area (Å²) < 4.78 is 8.12. The molecule has 0 radical (unpaired) electrons. The van der Waals surface area contributed by atoms with Gasteiger partial charge in [-0.2, -0.15) is 20.4 Å². The second-order valence-electron chi connectivity index (χ2n) is 9.70. The largest absolute Gasteiger partial charge is 0.292 e. The fraction of sp³-hybridized carbons (Fsp3) is 0.538. The molecule has 0 aromatic carbocycles. The van der Waals surface area contributed by atoms with E-state index in [1.165, 1.54) is 0 Å². The lowest BCUT2D eigenvalue weighted by atomic mass is 10.3. The van der Waals surface area contributed by atoms with Crippen molar-refractivity contribution in [2.24, 2.45) is 0 Å². The standard InChI is InChI=1S/C26H38N10/c1-3-9-31-19-23-5-11-33(27-23)15-17-35-13-7-25(29-35)21-32(10-4-2)22-26-8-14-36(30-26)18-16-34-12-6-24(20-31)28-34/h5-8,11-14H,3-4,9-10,15-22H2,1-2H3. The molecule has 4 aromatic heterocycles. The molecule has 0 atom stereocenters. The number of aryl methyl sites for hydroxylation is 4. The normalized spacial score (nSPS) is 16.5. The van der Waals surface area contributed by atoms with Gasteiger partial charge in [-0.05, 0) is 50.2 Å². The van der Waals surface area contributed by atoms with Gasteiger partial charge in [0.05, 0.1) is 49.0 Å². The molecule has 192 valence electrons. The first-order valence-corrected chi connectivity index (χ1v) is 13.2. The van der Waals surface area contributed by atoms with Crippen LogP contribution >= 0.6 is 0 Å². The van der Waals surface area contributed by atoms with Gasteiger partial charge in [0.15, 0.2) is 0 Å². The second kappa shape index (κ2) is 11.7. The van der Waals surface area contributed by atoms with Crippen LogP contribution in [-0.2, 0) is 52.4 Å². The molecule has 36 heavy (non-hydrogen) atoms. The number of fused-ring (bicyclic) bond motifs is 8. The van der Waals surface area contributed by atoms with Crippen LogP contribution in [0.1, 0.15) is 49.5 Å². The highest BCUT2D eigenvalue weighted by Gasteiger charge is 2.13. The van der Waals surface area contributed by atoms with Crippen LogP contribution in [0.2, 0.25) is 0 Å². The number of aromatic nitrogens is 8. The highest BCUT2D eigenvalue weighted by molar-refractivity contribution is 5.04. The van der Waals surface area contributed by atoms with Crippen LogP contribution in [0.25, 0.3) is 0 Å². The third-order valence-corrected chi connectivity index (χ3v) is 6.52. The molecular weight excluding hydrogens is 452 g/mol. The van der Waals surface area contributed by atoms with E-state index >= 15 is 0 Å². The van der Waals surface area contributed by atoms with Gasteiger partial charge < -0.3 is 0 Å². The predicted octanol–water partition coefficient (Wildman–Crippen LogP) is 3.01. The molecular formula is C26H38N10. The Hall–Kier alpha value is -3.24. The zero-order valence-electron chi connectivity index (χ0n) is 21.6. The SMILES string of the molecule is CCCN1Cc2ccn(n2)CCn2ccc(n2)CN(CCC)Cc2ccn(n2)CCn2ccc(n2)C1. The molecule has 0 N–H and O–H groups in total. The van der Waals surface area contributed by atoms with Crippen molar-refractivity contribution < 1.29 is 0 Å². The Balaban J connectivity index is 1.36. The first-order chi connectivity index (χ1) is 17.7. The van der Waals surface area contributed by atoms with E-state index in [0.29, 0.717) is 0 Å². The highest BCUT2D eigenvalue weighted by Crippen LogP contribution is 2.11. The molecule has 10 heteroatoms. The van der Waals surface area contributed by atoms with Gasteiger partial charge in [0.2, 0.25) is 0 Å². The Morgan fingerprint density at radius 1 is 0.500 bits per heavy atom. The zero-order valence-corrected chi connectivity index (χ0v) is 21.6. The van der Waals surface area contributed by atoms with E-state index < -0.39 is 0 Å². The number of rotatable bonds is 4. The molecule has 0 saturated carbocycles. The third kappa shape index (κ3) is 6.50. The minimum atomic E-state index is 0.801. The van der Waals surface area contributed by atoms with E-state index in [0.717, 1.165) is 101 Å². The lowest BCUT2D eigenvalue weighted by Crippen LogP contribution is -2.25. The Morgan fingerprint density at radius 2 is 0.778 bits per heavy atom. The lowest BCUT2D eigenvalue weighted by molar-refractivity contribution is 0.248. The molecule has 0 amide bonds. The maximum atomic E-state index is 4.83. The summed E-state index contributed by atoms with van der Waals surface area (Å²) in [6.45, 7) is 13.0. The summed E-state index contributed by atoms with van der Waals surface area (Å²) in [5.74, 6) is 0. The summed E-state index contributed by atoms with van der Waals surface area (Å²) in [6, 6.07) is 8.52. The Bertz CT molecular complexity index is 1030. The molecule has 8 bridgehead atoms. The fourth-order valence-corrected chi connectivity index (χ4v) is 4.84. The predicted molar refractivity (Wildman–Crippen MR) is 138 cm³/mol. The summed E-state index contributed by atoms with van der Waals surface area (Å²) >= 11 is 0. The molecule has 4 aromatic rings. The van der Waals surface area contributed by atoms with E-state index in [4.69, 9.17) is 20.4 Å². The van der Waals surface area contributed by atoms with E-state index in [-0.39, 0.29) is 0 Å². The monoisotopic (exact) mass is 490 g/mol. The van der Waals surface area contributed by atoms with Gasteiger partial charge in [-0.25, -0.2) is 0 Å². The van der Waals surface area contributed by atoms with Gasteiger partial charge >= 0.3 is 0 Å². The molecule has 10 nitrogen and oxygen atoms in total. The summed E-state index contributed by atoms with van der Waals surface area (Å²) in [6.07, 6.45) is 10.5. The van der Waals surface area contributed by atoms with Crippen molar-refractivity contribution in [2.45, 2.75) is 79.0 Å². The van der Waals surface area contributed by atoms with Crippen LogP contribution in [0.3, 0.4) is 0 Å². The fourth-order valence-electron chi connectivity index (χ4n) is 4.84. The number of hydrogen-bond acceptors (Lipinski definition) is 6. The Labute approximate surface area is 213 Å². The second-order valence-corrected chi connectivity index (χ2v) is 9.70. The zero-order chi connectivity index (χ0) is 24.7. The first-order valence-electron chi connectivity index (χ1n) is 13.2. The lowest BCUT2D eigenvalue weighted by Gasteiger charge is -2.19. The molecule has 0 spiro atoms. The Morgan fingerprint density at radius 3 is 1.03 bits per heavy atom. The summed E-state index contributed by atoms with van der Waals surface area (Å²) in [4.78, 5) is 4.85. The summed E-state index contributed by atoms with van der Waals surface area (Å²) in [5.41, 5.74) is 4.37. The maximum absolute atomic E-state index is 4.83. The maximum Gasteiger partial charge on any atom is 0.0764 e. The van der Waals surface area contributed by atoms with Gasteiger partial charge in [-0.3, -0.25) is 28.5 Å². The molecule has 0 saturated heterocycles. The number of nitrogens with zero attached hydrogens (tertiary/aromatic N) is 10. The molecule has 0 fully saturated rings. The third-order valence-electron chi connectivity index (χ3n) is 6.52. The molecule has 0 unspecified atom stereocenters. The van der Waals surface area contributed by atoms with Crippen molar-refractivity contribution in [3.8, 4) is 0 Å². The molecule has 0 aliphatic carbocycles. The van der Waals surface area contributed by atoms with Gasteiger partial charge in [-0.1, -0.05) is 13.8 Å². The highest BCUT2D eigenvalue weighted by atomic mass is 15.3. The minimum Gasteiger partial charge on any atom is -0.292 e. The topological polar surface area (TPSA) is 77.8 Å². The van der Waals surface area contributed by atoms with E-state index in [2.05, 4.69) is 72.7 Å². The van der Waals surface area contributed by atoms with Crippen molar-refractivity contribution >= 4 is 0 Å². The quantitative estimate of drug-likeness (QED) is 0.438. The van der Waals surface area contributed by atoms with Gasteiger partial charge in [0.25, 0.3) is 0 Å². The van der Waals surface area contributed by atoms with Gasteiger partial charge in [0.1, 0.15) is 0 Å². The van der Waals surface area contributed by atoms with Crippen molar-refractivity contribution in [1.82, 2.24) is 48.9 Å². The van der Waals surface area contributed by atoms with Crippen LogP contribution in [0.4, 0.5) is 0 Å². The van der Waals surface area contributed by atoms with E-state index in [9.17, 15) is 0 Å². The number of hydrogen-bond donors (Lipinski definition) is 0. The van der Waals surface area contributed by atoms with E-state index in [1.807, 2.05) is 18.7 Å². The van der Waals surface area contributed by atoms with E-state index in [1.54, 1.807) is 0 Å². The van der Waals surface area contributed by atoms with Crippen LogP contribution in [0.15, 0.2) is 49.1 Å². The smallest absolute Gasteiger partial charge is 0.0764 e. The minimum absolute atomic E-state index is 0.801. The van der Waals surface area contributed by atoms with Crippen LogP contribution in [0.5, 0.6) is 0 Å².